The van der Waals surface area contributed by atoms with E-state index in [4.69, 9.17) is 4.74 Å². The molecule has 1 aliphatic rings. The van der Waals surface area contributed by atoms with Gasteiger partial charge in [0.1, 0.15) is 0 Å². The molecule has 1 N–H and O–H groups in total. The molecule has 1 aliphatic heterocycles. The highest BCUT2D eigenvalue weighted by Crippen LogP contribution is 2.28. The summed E-state index contributed by atoms with van der Waals surface area (Å²) >= 11 is 0. The van der Waals surface area contributed by atoms with Gasteiger partial charge in [-0.05, 0) is 45.0 Å². The molecule has 2 atom stereocenters. The third-order valence-corrected chi connectivity index (χ3v) is 6.32. The molecule has 0 spiro atoms. The lowest BCUT2D eigenvalue weighted by Gasteiger charge is -2.25. The van der Waals surface area contributed by atoms with Crippen LogP contribution in [-0.4, -0.2) is 36.8 Å². The third-order valence-electron chi connectivity index (χ3n) is 4.77. The Labute approximate surface area is 167 Å². The molecule has 2 aromatic rings. The van der Waals surface area contributed by atoms with Gasteiger partial charge < -0.3 is 4.74 Å². The number of carbonyl (C=O) groups excluding carboxylic acids is 1. The summed E-state index contributed by atoms with van der Waals surface area (Å²) in [6.45, 7) is 4.84. The maximum absolute atomic E-state index is 12.6. The van der Waals surface area contributed by atoms with E-state index in [2.05, 4.69) is 9.71 Å². The number of sulfonamides is 1. The van der Waals surface area contributed by atoms with Crippen molar-refractivity contribution in [3.63, 3.8) is 0 Å². The summed E-state index contributed by atoms with van der Waals surface area (Å²) < 4.78 is 33.0. The van der Waals surface area contributed by atoms with Crippen molar-refractivity contribution in [2.45, 2.75) is 37.2 Å². The lowest BCUT2D eigenvalue weighted by molar-refractivity contribution is -0.384. The van der Waals surface area contributed by atoms with Crippen LogP contribution in [0, 0.1) is 17.0 Å². The van der Waals surface area contributed by atoms with Gasteiger partial charge in [-0.15, -0.1) is 0 Å². The van der Waals surface area contributed by atoms with Crippen molar-refractivity contribution in [2.24, 2.45) is 4.99 Å². The molecule has 0 amide bonds. The predicted octanol–water partition coefficient (Wildman–Crippen LogP) is 2.33. The molecule has 0 unspecified atom stereocenters. The highest BCUT2D eigenvalue weighted by molar-refractivity contribution is 7.89. The van der Waals surface area contributed by atoms with Gasteiger partial charge in [-0.1, -0.05) is 17.7 Å². The first-order valence-electron chi connectivity index (χ1n) is 8.69. The van der Waals surface area contributed by atoms with E-state index < -0.39 is 32.5 Å². The van der Waals surface area contributed by atoms with Crippen molar-refractivity contribution < 1.29 is 22.9 Å². The van der Waals surface area contributed by atoms with Crippen LogP contribution in [0.5, 0.6) is 0 Å². The van der Waals surface area contributed by atoms with Gasteiger partial charge in [0.15, 0.2) is 5.54 Å². The topological polar surface area (TPSA) is 128 Å². The van der Waals surface area contributed by atoms with Crippen LogP contribution in [0.1, 0.15) is 25.0 Å². The second kappa shape index (κ2) is 7.37. The summed E-state index contributed by atoms with van der Waals surface area (Å²) in [5.41, 5.74) is -0.308. The fourth-order valence-electron chi connectivity index (χ4n) is 2.73. The number of hydrogen-bond acceptors (Lipinski definition) is 7. The van der Waals surface area contributed by atoms with Gasteiger partial charge in [0, 0.05) is 17.7 Å². The molecule has 0 aromatic heterocycles. The zero-order chi connectivity index (χ0) is 21.4. The van der Waals surface area contributed by atoms with Crippen molar-refractivity contribution in [3.8, 4) is 0 Å². The zero-order valence-electron chi connectivity index (χ0n) is 15.9. The number of rotatable bonds is 6. The molecular weight excluding hydrogens is 398 g/mol. The first-order valence-corrected chi connectivity index (χ1v) is 10.2. The van der Waals surface area contributed by atoms with Crippen LogP contribution >= 0.6 is 0 Å². The highest BCUT2D eigenvalue weighted by atomic mass is 32.2. The van der Waals surface area contributed by atoms with E-state index in [0.717, 1.165) is 5.56 Å². The number of nitrogens with zero attached hydrogens (tertiary/aromatic N) is 2. The molecule has 0 fully saturated rings. The fourth-order valence-corrected chi connectivity index (χ4v) is 4.05. The van der Waals surface area contributed by atoms with Crippen LogP contribution < -0.4 is 4.72 Å². The summed E-state index contributed by atoms with van der Waals surface area (Å²) in [5.74, 6) is -0.737. The Kier molecular flexibility index (Phi) is 5.24. The number of ether oxygens (including phenoxy) is 1. The van der Waals surface area contributed by atoms with Crippen molar-refractivity contribution in [2.75, 3.05) is 0 Å². The molecule has 0 saturated heterocycles. The first-order chi connectivity index (χ1) is 13.5. The minimum absolute atomic E-state index is 0.0196. The lowest BCUT2D eigenvalue weighted by Crippen LogP contribution is -2.51. The van der Waals surface area contributed by atoms with Crippen LogP contribution in [0.2, 0.25) is 0 Å². The minimum Gasteiger partial charge on any atom is -0.405 e. The number of carbonyl (C=O) groups is 1. The number of nitro benzene ring substituents is 1. The van der Waals surface area contributed by atoms with Gasteiger partial charge in [-0.3, -0.25) is 10.1 Å². The zero-order valence-corrected chi connectivity index (χ0v) is 16.8. The Balaban J connectivity index is 1.85. The number of benzene rings is 2. The average molecular weight is 417 g/mol. The summed E-state index contributed by atoms with van der Waals surface area (Å²) in [5, 5.41) is 10.8. The van der Waals surface area contributed by atoms with Crippen molar-refractivity contribution in [1.82, 2.24) is 4.72 Å². The van der Waals surface area contributed by atoms with Gasteiger partial charge in [0.2, 0.25) is 15.9 Å². The van der Waals surface area contributed by atoms with E-state index in [-0.39, 0.29) is 16.5 Å². The monoisotopic (exact) mass is 417 g/mol. The number of nitrogens with one attached hydrogen (secondary N) is 1. The summed E-state index contributed by atoms with van der Waals surface area (Å²) in [6.07, 6.45) is 0. The van der Waals surface area contributed by atoms with Crippen LogP contribution in [0.3, 0.4) is 0 Å². The number of non-ortho nitro benzene ring substituents is 1. The molecule has 0 bridgehead atoms. The second-order valence-electron chi connectivity index (χ2n) is 6.91. The maximum atomic E-state index is 12.6. The van der Waals surface area contributed by atoms with E-state index in [1.807, 2.05) is 6.92 Å². The largest absolute Gasteiger partial charge is 0.405 e. The Morgan fingerprint density at radius 3 is 2.28 bits per heavy atom. The molecule has 0 aliphatic carbocycles. The molecule has 0 radical (unpaired) electrons. The Morgan fingerprint density at radius 2 is 1.72 bits per heavy atom. The van der Waals surface area contributed by atoms with Crippen LogP contribution in [0.25, 0.3) is 0 Å². The Hall–Kier alpha value is -3.11. The summed E-state index contributed by atoms with van der Waals surface area (Å²) in [4.78, 5) is 27.1. The van der Waals surface area contributed by atoms with Gasteiger partial charge in [0.05, 0.1) is 15.9 Å². The smallest absolute Gasteiger partial charge is 0.342 e. The molecule has 3 rings (SSSR count). The molecule has 0 saturated carbocycles. The fraction of sp³-hybridized carbons (Fsp3) is 0.263. The quantitative estimate of drug-likeness (QED) is 0.436. The second-order valence-corrected chi connectivity index (χ2v) is 8.63. The first kappa shape index (κ1) is 20.6. The van der Waals surface area contributed by atoms with E-state index >= 15 is 0 Å². The molecule has 29 heavy (non-hydrogen) atoms. The van der Waals surface area contributed by atoms with Crippen LogP contribution in [0.4, 0.5) is 5.69 Å². The third kappa shape index (κ3) is 4.03. The number of cyclic esters (lactones) is 1. The molecule has 152 valence electrons. The summed E-state index contributed by atoms with van der Waals surface area (Å²) in [7, 11) is -3.87. The average Bonchev–Trinajstić information content (AvgIpc) is 2.98. The normalized spacial score (nSPS) is 20.1. The van der Waals surface area contributed by atoms with E-state index in [1.165, 1.54) is 50.2 Å². The Morgan fingerprint density at radius 1 is 1.14 bits per heavy atom. The van der Waals surface area contributed by atoms with Gasteiger partial charge in [-0.25, -0.2) is 22.9 Å². The standard InChI is InChI=1S/C19H19N3O6S/c1-12-4-10-16(11-5-12)29(26,27)21-13(2)19(3)18(23)28-17(20-19)14-6-8-15(9-7-14)22(24)25/h4-11,13,21H,1-3H3/t13-,19-/m1/s1. The van der Waals surface area contributed by atoms with E-state index in [1.54, 1.807) is 12.1 Å². The van der Waals surface area contributed by atoms with Gasteiger partial charge >= 0.3 is 5.97 Å². The SMILES string of the molecule is Cc1ccc(S(=O)(=O)N[C@H](C)[C@@]2(C)N=C(c3ccc([N+](=O)[O-])cc3)OC2=O)cc1. The highest BCUT2D eigenvalue weighted by Gasteiger charge is 2.48. The molecule has 9 nitrogen and oxygen atoms in total. The minimum atomic E-state index is -3.87. The molecule has 2 aromatic carbocycles. The molecule has 1 heterocycles. The van der Waals surface area contributed by atoms with E-state index in [9.17, 15) is 23.3 Å². The molecule has 10 heteroatoms. The summed E-state index contributed by atoms with van der Waals surface area (Å²) in [6, 6.07) is 10.8. The maximum Gasteiger partial charge on any atom is 0.342 e. The number of hydrogen-bond donors (Lipinski definition) is 1. The lowest BCUT2D eigenvalue weighted by atomic mass is 9.96. The number of aryl methyl sites for hydroxylation is 1. The van der Waals surface area contributed by atoms with E-state index in [0.29, 0.717) is 5.56 Å². The number of esters is 1. The van der Waals surface area contributed by atoms with Gasteiger partial charge in [0.25, 0.3) is 5.69 Å². The van der Waals surface area contributed by atoms with Gasteiger partial charge in [-0.2, -0.15) is 0 Å². The Bertz CT molecular complexity index is 1090. The molecular formula is C19H19N3O6S. The van der Waals surface area contributed by atoms with Crippen molar-refractivity contribution >= 4 is 27.6 Å². The number of nitro groups is 1. The van der Waals surface area contributed by atoms with Crippen molar-refractivity contribution in [1.29, 1.82) is 0 Å². The van der Waals surface area contributed by atoms with Crippen molar-refractivity contribution in [3.05, 3.63) is 69.8 Å². The van der Waals surface area contributed by atoms with Crippen LogP contribution in [0.15, 0.2) is 58.4 Å². The van der Waals surface area contributed by atoms with Crippen LogP contribution in [-0.2, 0) is 19.6 Å². The number of aliphatic imine (C=N–C) groups is 1. The predicted molar refractivity (Wildman–Crippen MR) is 105 cm³/mol.